The van der Waals surface area contributed by atoms with Crippen LogP contribution in [0, 0.1) is 0 Å². The Morgan fingerprint density at radius 2 is 1.76 bits per heavy atom. The first-order valence-corrected chi connectivity index (χ1v) is 11.9. The lowest BCUT2D eigenvalue weighted by atomic mass is 10.0. The summed E-state index contributed by atoms with van der Waals surface area (Å²) < 4.78 is 0. The van der Waals surface area contributed by atoms with Gasteiger partial charge in [-0.05, 0) is 31.2 Å². The zero-order valence-electron chi connectivity index (χ0n) is 19.4. The molecule has 168 valence electrons. The maximum atomic E-state index is 4.89. The highest BCUT2D eigenvalue weighted by Gasteiger charge is 2.25. The Bertz CT molecular complexity index is 1220. The fraction of sp³-hybridized carbons (Fsp3) is 0.370. The molecule has 0 unspecified atom stereocenters. The number of benzene rings is 1. The molecule has 0 spiro atoms. The molecule has 2 aromatic heterocycles. The number of aromatic nitrogens is 3. The first-order valence-electron chi connectivity index (χ1n) is 11.9. The first-order chi connectivity index (χ1) is 16.1. The van der Waals surface area contributed by atoms with E-state index in [0.717, 1.165) is 86.1 Å². The Kier molecular flexibility index (Phi) is 5.19. The molecule has 6 nitrogen and oxygen atoms in total. The number of nitrogens with one attached hydrogen (secondary N) is 1. The Morgan fingerprint density at radius 3 is 2.58 bits per heavy atom. The highest BCUT2D eigenvalue weighted by Crippen LogP contribution is 2.37. The quantitative estimate of drug-likeness (QED) is 0.671. The Hall–Kier alpha value is -3.09. The summed E-state index contributed by atoms with van der Waals surface area (Å²) >= 11 is 0. The van der Waals surface area contributed by atoms with Crippen molar-refractivity contribution in [1.82, 2.24) is 24.8 Å². The van der Waals surface area contributed by atoms with Gasteiger partial charge in [0.1, 0.15) is 0 Å². The smallest absolute Gasteiger partial charge is 0.160 e. The molecule has 4 heterocycles. The van der Waals surface area contributed by atoms with Crippen LogP contribution in [0.2, 0.25) is 0 Å². The average molecular weight is 439 g/mol. The number of rotatable bonds is 4. The summed E-state index contributed by atoms with van der Waals surface area (Å²) in [6.45, 7) is 8.73. The van der Waals surface area contributed by atoms with E-state index < -0.39 is 0 Å². The number of hydrogen-bond acceptors (Lipinski definition) is 6. The van der Waals surface area contributed by atoms with E-state index in [9.17, 15) is 0 Å². The van der Waals surface area contributed by atoms with Gasteiger partial charge in [0.2, 0.25) is 0 Å². The minimum absolute atomic E-state index is 0.829. The van der Waals surface area contributed by atoms with Crippen molar-refractivity contribution in [2.75, 3.05) is 45.1 Å². The van der Waals surface area contributed by atoms with Crippen LogP contribution in [-0.4, -0.2) is 64.5 Å². The van der Waals surface area contributed by atoms with Crippen LogP contribution in [-0.2, 0) is 19.4 Å². The number of fused-ring (bicyclic) bond motifs is 2. The lowest BCUT2D eigenvalue weighted by Gasteiger charge is -2.32. The predicted octanol–water partition coefficient (Wildman–Crippen LogP) is 3.63. The number of piperazine rings is 1. The van der Waals surface area contributed by atoms with Crippen molar-refractivity contribution >= 4 is 11.3 Å². The third kappa shape index (κ3) is 3.94. The van der Waals surface area contributed by atoms with Crippen molar-refractivity contribution in [1.29, 1.82) is 0 Å². The topological polar surface area (TPSA) is 57.2 Å². The highest BCUT2D eigenvalue weighted by atomic mass is 15.2. The second kappa shape index (κ2) is 8.36. The molecule has 1 aliphatic carbocycles. The summed E-state index contributed by atoms with van der Waals surface area (Å²) in [5.41, 5.74) is 10.7. The molecular weight excluding hydrogens is 408 g/mol. The zero-order valence-corrected chi connectivity index (χ0v) is 19.4. The number of allylic oxidation sites excluding steroid dienone is 1. The Balaban J connectivity index is 1.25. The van der Waals surface area contributed by atoms with Gasteiger partial charge in [0.25, 0.3) is 0 Å². The molecular formula is C27H30N6. The van der Waals surface area contributed by atoms with Crippen molar-refractivity contribution < 1.29 is 0 Å². The van der Waals surface area contributed by atoms with Crippen LogP contribution < -0.4 is 5.32 Å². The zero-order chi connectivity index (χ0) is 22.4. The molecule has 1 saturated heterocycles. The van der Waals surface area contributed by atoms with Gasteiger partial charge in [0.05, 0.1) is 23.3 Å². The number of nitrogens with zero attached hydrogens (tertiary/aromatic N) is 5. The van der Waals surface area contributed by atoms with Gasteiger partial charge in [-0.3, -0.25) is 9.88 Å². The Labute approximate surface area is 195 Å². The summed E-state index contributed by atoms with van der Waals surface area (Å²) in [6.07, 6.45) is 5.77. The standard InChI is InChI=1S/C27H30N6/c1-18-13-24-22(26(18)27-30-16-25-23(31-27)7-8-28-25)14-21(15-29-24)20-5-3-19(4-6-20)17-33-11-9-32(2)10-12-33/h3-6,14-16,28H,7-13,17H2,1-2H3. The third-order valence-corrected chi connectivity index (χ3v) is 7.16. The van der Waals surface area contributed by atoms with Gasteiger partial charge in [-0.25, -0.2) is 9.97 Å². The molecule has 1 N–H and O–H groups in total. The van der Waals surface area contributed by atoms with Gasteiger partial charge in [-0.15, -0.1) is 0 Å². The van der Waals surface area contributed by atoms with Gasteiger partial charge in [0.15, 0.2) is 5.82 Å². The van der Waals surface area contributed by atoms with Crippen LogP contribution in [0.15, 0.2) is 48.3 Å². The summed E-state index contributed by atoms with van der Waals surface area (Å²) in [5, 5.41) is 3.35. The summed E-state index contributed by atoms with van der Waals surface area (Å²) in [6, 6.07) is 11.3. The molecule has 0 saturated carbocycles. The van der Waals surface area contributed by atoms with E-state index in [4.69, 9.17) is 9.97 Å². The molecule has 0 radical (unpaired) electrons. The molecule has 1 aromatic carbocycles. The largest absolute Gasteiger partial charge is 0.382 e. The molecule has 1 fully saturated rings. The van der Waals surface area contributed by atoms with Gasteiger partial charge < -0.3 is 10.2 Å². The second-order valence-corrected chi connectivity index (χ2v) is 9.56. The van der Waals surface area contributed by atoms with E-state index in [1.165, 1.54) is 22.3 Å². The minimum atomic E-state index is 0.829. The van der Waals surface area contributed by atoms with Crippen LogP contribution in [0.5, 0.6) is 0 Å². The van der Waals surface area contributed by atoms with Crippen LogP contribution in [0.3, 0.4) is 0 Å². The fourth-order valence-electron chi connectivity index (χ4n) is 5.15. The Morgan fingerprint density at radius 1 is 0.939 bits per heavy atom. The van der Waals surface area contributed by atoms with Crippen LogP contribution >= 0.6 is 0 Å². The van der Waals surface area contributed by atoms with E-state index in [-0.39, 0.29) is 0 Å². The monoisotopic (exact) mass is 438 g/mol. The number of hydrogen-bond donors (Lipinski definition) is 1. The minimum Gasteiger partial charge on any atom is -0.382 e. The molecule has 0 atom stereocenters. The number of pyridine rings is 1. The average Bonchev–Trinajstić information content (AvgIpc) is 3.43. The van der Waals surface area contributed by atoms with Crippen molar-refractivity contribution in [3.05, 3.63) is 76.6 Å². The van der Waals surface area contributed by atoms with E-state index in [1.54, 1.807) is 0 Å². The molecule has 33 heavy (non-hydrogen) atoms. The molecule has 6 rings (SSSR count). The molecule has 0 amide bonds. The number of likely N-dealkylation sites (N-methyl/N-ethyl adjacent to an activating group) is 1. The van der Waals surface area contributed by atoms with E-state index >= 15 is 0 Å². The van der Waals surface area contributed by atoms with E-state index in [1.807, 2.05) is 12.4 Å². The van der Waals surface area contributed by atoms with Gasteiger partial charge in [-0.2, -0.15) is 0 Å². The van der Waals surface area contributed by atoms with Crippen molar-refractivity contribution in [3.8, 4) is 11.1 Å². The maximum Gasteiger partial charge on any atom is 0.160 e. The van der Waals surface area contributed by atoms with Crippen molar-refractivity contribution in [2.24, 2.45) is 0 Å². The molecule has 0 bridgehead atoms. The van der Waals surface area contributed by atoms with Crippen molar-refractivity contribution in [3.63, 3.8) is 0 Å². The summed E-state index contributed by atoms with van der Waals surface area (Å²) in [5.74, 6) is 0.829. The molecule has 6 heteroatoms. The SMILES string of the molecule is CC1=C(c2ncc3c(n2)CCN3)c2cc(-c3ccc(CN4CCN(C)CC4)cc3)cnc2C1. The van der Waals surface area contributed by atoms with Gasteiger partial charge in [-0.1, -0.05) is 29.8 Å². The summed E-state index contributed by atoms with van der Waals surface area (Å²) in [7, 11) is 2.20. The van der Waals surface area contributed by atoms with Gasteiger partial charge in [0, 0.05) is 75.0 Å². The first kappa shape index (κ1) is 20.5. The third-order valence-electron chi connectivity index (χ3n) is 7.16. The highest BCUT2D eigenvalue weighted by molar-refractivity contribution is 5.85. The van der Waals surface area contributed by atoms with Crippen LogP contribution in [0.1, 0.15) is 35.3 Å². The normalized spacial score (nSPS) is 18.4. The van der Waals surface area contributed by atoms with Crippen molar-refractivity contribution in [2.45, 2.75) is 26.3 Å². The van der Waals surface area contributed by atoms with E-state index in [2.05, 4.69) is 64.4 Å². The lowest BCUT2D eigenvalue weighted by Crippen LogP contribution is -2.43. The lowest BCUT2D eigenvalue weighted by molar-refractivity contribution is 0.148. The molecule has 2 aliphatic heterocycles. The number of anilines is 1. The fourth-order valence-corrected chi connectivity index (χ4v) is 5.15. The summed E-state index contributed by atoms with van der Waals surface area (Å²) in [4.78, 5) is 19.4. The molecule has 3 aromatic rings. The predicted molar refractivity (Wildman–Crippen MR) is 132 cm³/mol. The van der Waals surface area contributed by atoms with Crippen LogP contribution in [0.4, 0.5) is 5.69 Å². The molecule has 3 aliphatic rings. The van der Waals surface area contributed by atoms with E-state index in [0.29, 0.717) is 0 Å². The van der Waals surface area contributed by atoms with Gasteiger partial charge >= 0.3 is 0 Å². The van der Waals surface area contributed by atoms with Crippen LogP contribution in [0.25, 0.3) is 16.7 Å². The second-order valence-electron chi connectivity index (χ2n) is 9.56. The maximum absolute atomic E-state index is 4.89.